The molecule has 0 bridgehead atoms. The first-order valence-corrected chi connectivity index (χ1v) is 12.5. The number of carbonyl (C=O) groups excluding carboxylic acids is 3. The van der Waals surface area contributed by atoms with Crippen LogP contribution < -0.4 is 0 Å². The largest absolute Gasteiger partial charge is 0.463 e. The molecule has 0 aromatic carbocycles. The third kappa shape index (κ3) is 4.08. The van der Waals surface area contributed by atoms with E-state index >= 15 is 0 Å². The average Bonchev–Trinajstić information content (AvgIpc) is 3.00. The van der Waals surface area contributed by atoms with Crippen LogP contribution in [0.3, 0.4) is 0 Å². The first-order valence-electron chi connectivity index (χ1n) is 12.5. The summed E-state index contributed by atoms with van der Waals surface area (Å²) in [7, 11) is 1.70. The Balaban J connectivity index is 1.69. The van der Waals surface area contributed by atoms with Gasteiger partial charge < -0.3 is 18.9 Å². The van der Waals surface area contributed by atoms with Crippen LogP contribution in [0.2, 0.25) is 0 Å². The zero-order valence-electron chi connectivity index (χ0n) is 20.9. The standard InChI is InChI=1S/C26H40O7/c1-14(27)31-18-9-10-25(4)17(11-18)7-8-19-20(25)12-23(33-16(3)29)26(5)22(30-6)13-21(24(19)26)32-15(2)28/h17-24H,7-13H2,1-6H3/t17-,18+,19+,20+,21-,22+,23-,24-,25-,26+/m0/s1. The van der Waals surface area contributed by atoms with Gasteiger partial charge in [-0.2, -0.15) is 0 Å². The zero-order valence-corrected chi connectivity index (χ0v) is 20.9. The van der Waals surface area contributed by atoms with E-state index in [1.165, 1.54) is 20.8 Å². The molecule has 186 valence electrons. The monoisotopic (exact) mass is 464 g/mol. The van der Waals surface area contributed by atoms with E-state index in [9.17, 15) is 14.4 Å². The number of esters is 3. The highest BCUT2D eigenvalue weighted by atomic mass is 16.6. The highest BCUT2D eigenvalue weighted by molar-refractivity contribution is 5.67. The van der Waals surface area contributed by atoms with Gasteiger partial charge in [0, 0.05) is 45.6 Å². The van der Waals surface area contributed by atoms with Gasteiger partial charge in [-0.05, 0) is 61.7 Å². The number of ether oxygens (including phenoxy) is 4. The van der Waals surface area contributed by atoms with Crippen molar-refractivity contribution >= 4 is 17.9 Å². The second-order valence-electron chi connectivity index (χ2n) is 11.4. The number of carbonyl (C=O) groups is 3. The molecule has 0 unspecified atom stereocenters. The van der Waals surface area contributed by atoms with Crippen molar-refractivity contribution < 1.29 is 33.3 Å². The lowest BCUT2D eigenvalue weighted by Crippen LogP contribution is -2.61. The summed E-state index contributed by atoms with van der Waals surface area (Å²) in [5.41, 5.74) is -0.328. The van der Waals surface area contributed by atoms with Gasteiger partial charge in [-0.3, -0.25) is 14.4 Å². The number of hydrogen-bond acceptors (Lipinski definition) is 7. The maximum absolute atomic E-state index is 12.2. The van der Waals surface area contributed by atoms with Crippen LogP contribution in [-0.4, -0.2) is 49.4 Å². The third-order valence-corrected chi connectivity index (χ3v) is 9.82. The van der Waals surface area contributed by atoms with E-state index in [0.29, 0.717) is 24.2 Å². The lowest BCUT2D eigenvalue weighted by molar-refractivity contribution is -0.212. The van der Waals surface area contributed by atoms with E-state index in [2.05, 4.69) is 13.8 Å². The topological polar surface area (TPSA) is 88.1 Å². The molecule has 10 atom stereocenters. The summed E-state index contributed by atoms with van der Waals surface area (Å²) in [4.78, 5) is 35.7. The molecule has 33 heavy (non-hydrogen) atoms. The maximum atomic E-state index is 12.2. The quantitative estimate of drug-likeness (QED) is 0.458. The molecule has 7 heteroatoms. The molecule has 4 rings (SSSR count). The van der Waals surface area contributed by atoms with Crippen molar-refractivity contribution in [2.45, 2.75) is 104 Å². The molecule has 0 amide bonds. The molecule has 7 nitrogen and oxygen atoms in total. The SMILES string of the molecule is CO[C@@H]1C[C@H](OC(C)=O)[C@@H]2[C@@H]3CC[C@H]4C[C@H](OC(C)=O)CC[C@]4(C)[C@@H]3C[C@H](OC(C)=O)[C@]21C. The molecule has 0 radical (unpaired) electrons. The van der Waals surface area contributed by atoms with E-state index < -0.39 is 5.41 Å². The van der Waals surface area contributed by atoms with Crippen LogP contribution in [0.1, 0.15) is 79.6 Å². The fraction of sp³-hybridized carbons (Fsp3) is 0.885. The third-order valence-electron chi connectivity index (χ3n) is 9.82. The Labute approximate surface area is 197 Å². The molecular formula is C26H40O7. The van der Waals surface area contributed by atoms with Crippen LogP contribution in [0.25, 0.3) is 0 Å². The minimum atomic E-state index is -0.403. The van der Waals surface area contributed by atoms with Gasteiger partial charge in [0.05, 0.1) is 6.10 Å². The summed E-state index contributed by atoms with van der Waals surface area (Å²) in [5.74, 6) is 0.515. The molecular weight excluding hydrogens is 424 g/mol. The first kappa shape index (κ1) is 24.5. The summed E-state index contributed by atoms with van der Waals surface area (Å²) in [6.45, 7) is 8.98. The molecule has 0 aromatic rings. The van der Waals surface area contributed by atoms with Gasteiger partial charge in [0.15, 0.2) is 0 Å². The minimum absolute atomic E-state index is 0.00612. The number of methoxy groups -OCH3 is 1. The van der Waals surface area contributed by atoms with Crippen molar-refractivity contribution in [3.05, 3.63) is 0 Å². The lowest BCUT2D eigenvalue weighted by Gasteiger charge is -2.62. The molecule has 0 aromatic heterocycles. The van der Waals surface area contributed by atoms with Crippen molar-refractivity contribution in [1.29, 1.82) is 0 Å². The molecule has 0 spiro atoms. The molecule has 0 aliphatic heterocycles. The second-order valence-corrected chi connectivity index (χ2v) is 11.4. The van der Waals surface area contributed by atoms with E-state index in [1.807, 2.05) is 0 Å². The predicted molar refractivity (Wildman–Crippen MR) is 120 cm³/mol. The van der Waals surface area contributed by atoms with E-state index in [0.717, 1.165) is 38.5 Å². The molecule has 4 aliphatic rings. The van der Waals surface area contributed by atoms with Gasteiger partial charge in [-0.25, -0.2) is 0 Å². The summed E-state index contributed by atoms with van der Waals surface area (Å²) < 4.78 is 23.4. The summed E-state index contributed by atoms with van der Waals surface area (Å²) in [5, 5.41) is 0. The Hall–Kier alpha value is -1.63. The number of fused-ring (bicyclic) bond motifs is 5. The molecule has 4 fully saturated rings. The zero-order chi connectivity index (χ0) is 24.1. The number of rotatable bonds is 4. The van der Waals surface area contributed by atoms with Crippen LogP contribution in [-0.2, 0) is 33.3 Å². The average molecular weight is 465 g/mol. The first-order chi connectivity index (χ1) is 15.5. The van der Waals surface area contributed by atoms with Gasteiger partial charge in [-0.1, -0.05) is 13.8 Å². The van der Waals surface area contributed by atoms with E-state index in [4.69, 9.17) is 18.9 Å². The highest BCUT2D eigenvalue weighted by Crippen LogP contribution is 2.67. The van der Waals surface area contributed by atoms with Crippen LogP contribution in [0, 0.1) is 34.5 Å². The fourth-order valence-corrected chi connectivity index (χ4v) is 8.55. The Kier molecular flexibility index (Phi) is 6.58. The molecule has 0 saturated heterocycles. The van der Waals surface area contributed by atoms with Crippen molar-refractivity contribution in [1.82, 2.24) is 0 Å². The van der Waals surface area contributed by atoms with Crippen LogP contribution in [0.4, 0.5) is 0 Å². The Morgan fingerprint density at radius 1 is 0.788 bits per heavy atom. The summed E-state index contributed by atoms with van der Waals surface area (Å²) in [6.07, 6.45) is 5.63. The van der Waals surface area contributed by atoms with E-state index in [-0.39, 0.29) is 53.7 Å². The Morgan fingerprint density at radius 3 is 2.06 bits per heavy atom. The molecule has 4 saturated carbocycles. The summed E-state index contributed by atoms with van der Waals surface area (Å²) in [6, 6.07) is 0. The highest BCUT2D eigenvalue weighted by Gasteiger charge is 2.68. The maximum Gasteiger partial charge on any atom is 0.302 e. The van der Waals surface area contributed by atoms with Crippen molar-refractivity contribution in [3.63, 3.8) is 0 Å². The van der Waals surface area contributed by atoms with Gasteiger partial charge in [0.1, 0.15) is 18.3 Å². The van der Waals surface area contributed by atoms with Crippen molar-refractivity contribution in [2.24, 2.45) is 34.5 Å². The lowest BCUT2D eigenvalue weighted by atomic mass is 9.44. The Bertz CT molecular complexity index is 796. The van der Waals surface area contributed by atoms with Crippen LogP contribution >= 0.6 is 0 Å². The molecule has 0 heterocycles. The van der Waals surface area contributed by atoms with Gasteiger partial charge >= 0.3 is 17.9 Å². The van der Waals surface area contributed by atoms with Gasteiger partial charge in [0.25, 0.3) is 0 Å². The predicted octanol–water partition coefficient (Wildman–Crippen LogP) is 4.06. The normalized spacial score (nSPS) is 46.4. The summed E-state index contributed by atoms with van der Waals surface area (Å²) >= 11 is 0. The van der Waals surface area contributed by atoms with Crippen LogP contribution in [0.5, 0.6) is 0 Å². The van der Waals surface area contributed by atoms with E-state index in [1.54, 1.807) is 7.11 Å². The molecule has 0 N–H and O–H groups in total. The van der Waals surface area contributed by atoms with Crippen molar-refractivity contribution in [2.75, 3.05) is 7.11 Å². The van der Waals surface area contributed by atoms with Gasteiger partial charge in [0.2, 0.25) is 0 Å². The second kappa shape index (κ2) is 8.86. The van der Waals surface area contributed by atoms with Crippen molar-refractivity contribution in [3.8, 4) is 0 Å². The smallest absolute Gasteiger partial charge is 0.302 e. The number of hydrogen-bond donors (Lipinski definition) is 0. The Morgan fingerprint density at radius 2 is 1.45 bits per heavy atom. The van der Waals surface area contributed by atoms with Gasteiger partial charge in [-0.15, -0.1) is 0 Å². The molecule has 4 aliphatic carbocycles. The minimum Gasteiger partial charge on any atom is -0.463 e. The fourth-order valence-electron chi connectivity index (χ4n) is 8.55. The van der Waals surface area contributed by atoms with Crippen LogP contribution in [0.15, 0.2) is 0 Å².